The van der Waals surface area contributed by atoms with Crippen molar-refractivity contribution in [2.45, 2.75) is 0 Å². The zero-order valence-corrected chi connectivity index (χ0v) is 10.2. The van der Waals surface area contributed by atoms with Gasteiger partial charge in [0.2, 0.25) is 0 Å². The number of nitrogens with zero attached hydrogens (tertiary/aromatic N) is 2. The van der Waals surface area contributed by atoms with E-state index in [0.717, 1.165) is 18.5 Å². The molecule has 0 aliphatic heterocycles. The molecule has 0 saturated carbocycles. The molecule has 72 valence electrons. The van der Waals surface area contributed by atoms with E-state index in [-0.39, 0.29) is 0 Å². The van der Waals surface area contributed by atoms with Gasteiger partial charge in [-0.25, -0.2) is 4.74 Å². The van der Waals surface area contributed by atoms with Crippen molar-refractivity contribution in [3.63, 3.8) is 0 Å². The minimum absolute atomic E-state index is 0.871. The van der Waals surface area contributed by atoms with Crippen LogP contribution in [0.2, 0.25) is 0 Å². The molecule has 14 heavy (non-hydrogen) atoms. The third kappa shape index (κ3) is 4.45. The van der Waals surface area contributed by atoms with Crippen LogP contribution in [0.1, 0.15) is 0 Å². The lowest BCUT2D eigenvalue weighted by molar-refractivity contribution is 1.53. The quantitative estimate of drug-likeness (QED) is 0.574. The van der Waals surface area contributed by atoms with Gasteiger partial charge >= 0.3 is 0 Å². The van der Waals surface area contributed by atoms with E-state index < -0.39 is 0 Å². The van der Waals surface area contributed by atoms with Gasteiger partial charge in [0.15, 0.2) is 0 Å². The average molecular weight is 269 g/mol. The number of hydrogen-bond acceptors (Lipinski definition) is 2. The fourth-order valence-electron chi connectivity index (χ4n) is 0.796. The maximum absolute atomic E-state index is 4.26. The van der Waals surface area contributed by atoms with Crippen LogP contribution in [0.5, 0.6) is 0 Å². The summed E-state index contributed by atoms with van der Waals surface area (Å²) in [6.07, 6.45) is 3.48. The SMILES string of the molecule is CP=N/C=C(\Br)C=Nc1ccccc1. The Hall–Kier alpha value is -0.790. The Labute approximate surface area is 93.8 Å². The minimum Gasteiger partial charge on any atom is -0.256 e. The number of rotatable bonds is 3. The second kappa shape index (κ2) is 6.63. The molecule has 0 saturated heterocycles. The summed E-state index contributed by atoms with van der Waals surface area (Å²) in [5, 5.41) is 0. The van der Waals surface area contributed by atoms with Crippen molar-refractivity contribution >= 4 is 36.2 Å². The molecule has 0 spiro atoms. The first-order valence-corrected chi connectivity index (χ1v) is 6.15. The number of aliphatic imine (C=N–C) groups is 1. The number of hydrogen-bond donors (Lipinski definition) is 0. The van der Waals surface area contributed by atoms with Gasteiger partial charge < -0.3 is 0 Å². The summed E-state index contributed by atoms with van der Waals surface area (Å²) in [6, 6.07) is 9.78. The highest BCUT2D eigenvalue weighted by molar-refractivity contribution is 9.12. The predicted octanol–water partition coefficient (Wildman–Crippen LogP) is 4.38. The zero-order valence-electron chi connectivity index (χ0n) is 7.76. The third-order valence-corrected chi connectivity index (χ3v) is 2.15. The van der Waals surface area contributed by atoms with Crippen LogP contribution in [0, 0.1) is 0 Å². The van der Waals surface area contributed by atoms with Crippen LogP contribution in [0.3, 0.4) is 0 Å². The molecule has 1 rings (SSSR count). The van der Waals surface area contributed by atoms with Crippen molar-refractivity contribution in [3.8, 4) is 0 Å². The van der Waals surface area contributed by atoms with Crippen molar-refractivity contribution in [2.75, 3.05) is 6.66 Å². The minimum atomic E-state index is 0.871. The fraction of sp³-hybridized carbons (Fsp3) is 0.100. The van der Waals surface area contributed by atoms with E-state index >= 15 is 0 Å². The Morgan fingerprint density at radius 3 is 2.71 bits per heavy atom. The summed E-state index contributed by atoms with van der Waals surface area (Å²) in [5.41, 5.74) is 0.937. The molecule has 0 amide bonds. The number of allylic oxidation sites excluding steroid dienone is 1. The van der Waals surface area contributed by atoms with Crippen LogP contribution < -0.4 is 0 Å². The topological polar surface area (TPSA) is 24.7 Å². The summed E-state index contributed by atoms with van der Waals surface area (Å²) in [4.78, 5) is 4.26. The lowest BCUT2D eigenvalue weighted by Gasteiger charge is -1.90. The Bertz CT molecular complexity index is 358. The molecular weight excluding hydrogens is 259 g/mol. The van der Waals surface area contributed by atoms with E-state index in [1.165, 1.54) is 0 Å². The fourth-order valence-corrected chi connectivity index (χ4v) is 1.40. The van der Waals surface area contributed by atoms with Gasteiger partial charge in [0.05, 0.1) is 10.2 Å². The van der Waals surface area contributed by atoms with Gasteiger partial charge in [-0.3, -0.25) is 4.99 Å². The molecule has 0 unspecified atom stereocenters. The summed E-state index contributed by atoms with van der Waals surface area (Å²) in [7, 11) is 0.994. The molecule has 4 heteroatoms. The normalized spacial score (nSPS) is 12.9. The number of para-hydroxylation sites is 1. The van der Waals surface area contributed by atoms with Gasteiger partial charge in [0.25, 0.3) is 0 Å². The van der Waals surface area contributed by atoms with Crippen molar-refractivity contribution in [2.24, 2.45) is 9.74 Å². The molecule has 0 bridgehead atoms. The summed E-state index contributed by atoms with van der Waals surface area (Å²) >= 11 is 3.35. The molecule has 0 aliphatic carbocycles. The van der Waals surface area contributed by atoms with Gasteiger partial charge in [0, 0.05) is 20.8 Å². The van der Waals surface area contributed by atoms with Gasteiger partial charge in [-0.05, 0) is 34.7 Å². The van der Waals surface area contributed by atoms with Crippen LogP contribution >= 0.6 is 24.3 Å². The highest BCUT2D eigenvalue weighted by atomic mass is 79.9. The van der Waals surface area contributed by atoms with Crippen LogP contribution in [0.15, 0.2) is 50.8 Å². The van der Waals surface area contributed by atoms with Gasteiger partial charge in [0.1, 0.15) is 0 Å². The second-order valence-electron chi connectivity index (χ2n) is 2.42. The Balaban J connectivity index is 2.65. The van der Waals surface area contributed by atoms with Crippen molar-refractivity contribution < 1.29 is 0 Å². The van der Waals surface area contributed by atoms with Crippen molar-refractivity contribution in [1.29, 1.82) is 0 Å². The van der Waals surface area contributed by atoms with Crippen LogP contribution in [0.25, 0.3) is 0 Å². The van der Waals surface area contributed by atoms with E-state index in [0.29, 0.717) is 0 Å². The van der Waals surface area contributed by atoms with E-state index in [9.17, 15) is 0 Å². The zero-order chi connectivity index (χ0) is 10.2. The van der Waals surface area contributed by atoms with Gasteiger partial charge in [-0.2, -0.15) is 0 Å². The van der Waals surface area contributed by atoms with E-state index in [1.54, 1.807) is 12.4 Å². The van der Waals surface area contributed by atoms with Gasteiger partial charge in [-0.1, -0.05) is 18.2 Å². The number of halogens is 1. The molecule has 1 aromatic carbocycles. The first kappa shape index (κ1) is 11.3. The largest absolute Gasteiger partial charge is 0.256 e. The number of benzene rings is 1. The molecule has 0 aliphatic rings. The lowest BCUT2D eigenvalue weighted by atomic mass is 10.3. The monoisotopic (exact) mass is 268 g/mol. The van der Waals surface area contributed by atoms with Gasteiger partial charge in [-0.15, -0.1) is 0 Å². The van der Waals surface area contributed by atoms with Crippen LogP contribution in [-0.2, 0) is 0 Å². The molecule has 0 heterocycles. The lowest BCUT2D eigenvalue weighted by Crippen LogP contribution is -1.71. The Morgan fingerprint density at radius 1 is 1.36 bits per heavy atom. The second-order valence-corrected chi connectivity index (χ2v) is 3.97. The van der Waals surface area contributed by atoms with Crippen LogP contribution in [-0.4, -0.2) is 12.9 Å². The standard InChI is InChI=1S/C10H10BrN2P/c1-14-13-8-9(11)7-12-10-5-3-2-4-6-10/h2-8H,1H3/b9-8-,12-7?. The first-order chi connectivity index (χ1) is 6.83. The van der Waals surface area contributed by atoms with Crippen LogP contribution in [0.4, 0.5) is 5.69 Å². The summed E-state index contributed by atoms with van der Waals surface area (Å²) in [6.45, 7) is 1.96. The molecule has 0 fully saturated rings. The third-order valence-electron chi connectivity index (χ3n) is 1.39. The average Bonchev–Trinajstić information content (AvgIpc) is 2.25. The van der Waals surface area contributed by atoms with Crippen molar-refractivity contribution in [1.82, 2.24) is 0 Å². The predicted molar refractivity (Wildman–Crippen MR) is 66.9 cm³/mol. The van der Waals surface area contributed by atoms with E-state index in [2.05, 4.69) is 25.7 Å². The molecule has 1 aromatic rings. The highest BCUT2D eigenvalue weighted by Crippen LogP contribution is 2.11. The summed E-state index contributed by atoms with van der Waals surface area (Å²) in [5.74, 6) is 0. The highest BCUT2D eigenvalue weighted by Gasteiger charge is 1.85. The molecule has 0 aromatic heterocycles. The smallest absolute Gasteiger partial charge is 0.0630 e. The molecule has 0 radical (unpaired) electrons. The van der Waals surface area contributed by atoms with Crippen molar-refractivity contribution in [3.05, 3.63) is 41.0 Å². The van der Waals surface area contributed by atoms with E-state index in [1.807, 2.05) is 37.0 Å². The maximum atomic E-state index is 4.26. The Morgan fingerprint density at radius 2 is 2.07 bits per heavy atom. The first-order valence-electron chi connectivity index (χ1n) is 4.06. The molecular formula is C10H10BrN2P. The molecule has 2 nitrogen and oxygen atoms in total. The Kier molecular flexibility index (Phi) is 5.35. The molecule has 0 N–H and O–H groups in total. The van der Waals surface area contributed by atoms with E-state index in [4.69, 9.17) is 0 Å². The molecule has 0 atom stereocenters. The summed E-state index contributed by atoms with van der Waals surface area (Å²) < 4.78 is 4.93. The maximum Gasteiger partial charge on any atom is 0.0630 e.